The molecule has 0 fully saturated rings. The van der Waals surface area contributed by atoms with Crippen LogP contribution >= 0.6 is 0 Å². The normalized spacial score (nSPS) is 20.6. The number of rotatable bonds is 7. The van der Waals surface area contributed by atoms with E-state index in [-0.39, 0.29) is 5.92 Å². The van der Waals surface area contributed by atoms with Crippen LogP contribution < -0.4 is 0 Å². The first kappa shape index (κ1) is 18.9. The van der Waals surface area contributed by atoms with Gasteiger partial charge in [0.25, 0.3) is 0 Å². The van der Waals surface area contributed by atoms with Gasteiger partial charge >= 0.3 is 0 Å². The summed E-state index contributed by atoms with van der Waals surface area (Å²) in [5, 5.41) is 0. The Labute approximate surface area is 169 Å². The summed E-state index contributed by atoms with van der Waals surface area (Å²) in [6, 6.07) is 17.4. The topological polar surface area (TPSA) is 17.1 Å². The summed E-state index contributed by atoms with van der Waals surface area (Å²) < 4.78 is 0. The zero-order valence-electron chi connectivity index (χ0n) is 17.1. The number of fused-ring (bicyclic) bond motifs is 1. The highest BCUT2D eigenvalue weighted by atomic mass is 16.1. The molecule has 0 spiro atoms. The maximum atomic E-state index is 13.0. The number of hydrogen-bond donors (Lipinski definition) is 0. The SMILES string of the molecule is CCc1ccc2c(c1)CCC2C(=O)CCC1=CC=C(c2ccccc2)C1CC. The summed E-state index contributed by atoms with van der Waals surface area (Å²) in [5.74, 6) is 0.995. The van der Waals surface area contributed by atoms with Crippen molar-refractivity contribution in [3.63, 3.8) is 0 Å². The molecular formula is C27H30O. The number of carbonyl (C=O) groups is 1. The molecule has 4 rings (SSSR count). The molecule has 1 heteroatoms. The number of aryl methyl sites for hydroxylation is 2. The van der Waals surface area contributed by atoms with Crippen molar-refractivity contribution < 1.29 is 4.79 Å². The van der Waals surface area contributed by atoms with Crippen LogP contribution in [0.15, 0.2) is 66.3 Å². The minimum Gasteiger partial charge on any atom is -0.299 e. The molecule has 0 amide bonds. The fraction of sp³-hybridized carbons (Fsp3) is 0.370. The molecule has 2 aromatic carbocycles. The van der Waals surface area contributed by atoms with E-state index in [0.29, 0.717) is 18.1 Å². The van der Waals surface area contributed by atoms with E-state index in [0.717, 1.165) is 32.1 Å². The van der Waals surface area contributed by atoms with Gasteiger partial charge < -0.3 is 0 Å². The van der Waals surface area contributed by atoms with E-state index in [1.165, 1.54) is 33.4 Å². The molecular weight excluding hydrogens is 340 g/mol. The van der Waals surface area contributed by atoms with Crippen molar-refractivity contribution in [2.24, 2.45) is 5.92 Å². The van der Waals surface area contributed by atoms with Crippen LogP contribution in [0.4, 0.5) is 0 Å². The smallest absolute Gasteiger partial charge is 0.140 e. The first-order valence-electron chi connectivity index (χ1n) is 10.8. The Hall–Kier alpha value is -2.41. The maximum Gasteiger partial charge on any atom is 0.140 e. The third-order valence-electron chi connectivity index (χ3n) is 6.56. The average molecular weight is 371 g/mol. The Morgan fingerprint density at radius 1 is 1.04 bits per heavy atom. The number of allylic oxidation sites excluding steroid dienone is 4. The lowest BCUT2D eigenvalue weighted by Crippen LogP contribution is -2.11. The molecule has 0 radical (unpaired) electrons. The van der Waals surface area contributed by atoms with Crippen LogP contribution in [0.5, 0.6) is 0 Å². The molecule has 2 aliphatic rings. The van der Waals surface area contributed by atoms with Crippen molar-refractivity contribution in [1.82, 2.24) is 0 Å². The van der Waals surface area contributed by atoms with Crippen molar-refractivity contribution in [2.45, 2.75) is 58.3 Å². The van der Waals surface area contributed by atoms with Crippen LogP contribution in [-0.2, 0) is 17.6 Å². The van der Waals surface area contributed by atoms with Crippen LogP contribution in [0.1, 0.15) is 67.7 Å². The third kappa shape index (κ3) is 3.63. The van der Waals surface area contributed by atoms with Crippen LogP contribution in [-0.4, -0.2) is 5.78 Å². The van der Waals surface area contributed by atoms with Gasteiger partial charge in [-0.15, -0.1) is 0 Å². The average Bonchev–Trinajstić information content (AvgIpc) is 3.35. The molecule has 2 aromatic rings. The van der Waals surface area contributed by atoms with Gasteiger partial charge in [0.2, 0.25) is 0 Å². The van der Waals surface area contributed by atoms with Crippen LogP contribution in [0.2, 0.25) is 0 Å². The fourth-order valence-corrected chi connectivity index (χ4v) is 4.96. The largest absolute Gasteiger partial charge is 0.299 e. The lowest BCUT2D eigenvalue weighted by Gasteiger charge is -2.19. The summed E-state index contributed by atoms with van der Waals surface area (Å²) in [6.07, 6.45) is 10.3. The first-order valence-corrected chi connectivity index (χ1v) is 10.8. The van der Waals surface area contributed by atoms with Crippen molar-refractivity contribution >= 4 is 11.4 Å². The van der Waals surface area contributed by atoms with E-state index in [9.17, 15) is 4.79 Å². The summed E-state index contributed by atoms with van der Waals surface area (Å²) in [6.45, 7) is 4.44. The van der Waals surface area contributed by atoms with Crippen molar-refractivity contribution in [1.29, 1.82) is 0 Å². The Morgan fingerprint density at radius 2 is 1.86 bits per heavy atom. The molecule has 0 aliphatic heterocycles. The highest BCUT2D eigenvalue weighted by molar-refractivity contribution is 5.87. The summed E-state index contributed by atoms with van der Waals surface area (Å²) in [5.41, 5.74) is 8.21. The molecule has 2 atom stereocenters. The third-order valence-corrected chi connectivity index (χ3v) is 6.56. The van der Waals surface area contributed by atoms with Gasteiger partial charge in [-0.3, -0.25) is 4.79 Å². The maximum absolute atomic E-state index is 13.0. The standard InChI is InChI=1S/C27H30O/c1-3-19-10-14-25-22(18-19)12-16-26(25)27(28)17-13-21-11-15-24(23(21)4-2)20-8-6-5-7-9-20/h5-11,14-15,18,23,26H,3-4,12-13,16-17H2,1-2H3. The predicted octanol–water partition coefficient (Wildman–Crippen LogP) is 6.68. The molecule has 0 N–H and O–H groups in total. The molecule has 2 aliphatic carbocycles. The molecule has 0 bridgehead atoms. The quantitative estimate of drug-likeness (QED) is 0.531. The van der Waals surface area contributed by atoms with Gasteiger partial charge in [0.05, 0.1) is 0 Å². The van der Waals surface area contributed by atoms with E-state index in [1.54, 1.807) is 0 Å². The number of Topliss-reactive ketones (excluding diaryl/α,β-unsaturated/α-hetero) is 1. The minimum atomic E-state index is 0.115. The van der Waals surface area contributed by atoms with Crippen molar-refractivity contribution in [3.05, 3.63) is 88.5 Å². The van der Waals surface area contributed by atoms with E-state index >= 15 is 0 Å². The van der Waals surface area contributed by atoms with Crippen LogP contribution in [0.3, 0.4) is 0 Å². The lowest BCUT2D eigenvalue weighted by atomic mass is 9.85. The van der Waals surface area contributed by atoms with Gasteiger partial charge in [-0.1, -0.05) is 80.1 Å². The summed E-state index contributed by atoms with van der Waals surface area (Å²) >= 11 is 0. The number of hydrogen-bond acceptors (Lipinski definition) is 1. The van der Waals surface area contributed by atoms with Crippen molar-refractivity contribution in [3.8, 4) is 0 Å². The molecule has 0 heterocycles. The van der Waals surface area contributed by atoms with Gasteiger partial charge in [0.1, 0.15) is 5.78 Å². The Balaban J connectivity index is 1.40. The Bertz CT molecular complexity index is 917. The van der Waals surface area contributed by atoms with Crippen LogP contribution in [0, 0.1) is 5.92 Å². The second-order valence-electron chi connectivity index (χ2n) is 8.13. The van der Waals surface area contributed by atoms with Crippen LogP contribution in [0.25, 0.3) is 5.57 Å². The number of carbonyl (C=O) groups excluding carboxylic acids is 1. The number of ketones is 1. The van der Waals surface area contributed by atoms with E-state index in [4.69, 9.17) is 0 Å². The first-order chi connectivity index (χ1) is 13.7. The van der Waals surface area contributed by atoms with Crippen molar-refractivity contribution in [2.75, 3.05) is 0 Å². The van der Waals surface area contributed by atoms with Gasteiger partial charge in [0.15, 0.2) is 0 Å². The zero-order chi connectivity index (χ0) is 19.5. The second kappa shape index (κ2) is 8.31. The summed E-state index contributed by atoms with van der Waals surface area (Å²) in [4.78, 5) is 13.0. The molecule has 1 nitrogen and oxygen atoms in total. The highest BCUT2D eigenvalue weighted by Crippen LogP contribution is 2.40. The Kier molecular flexibility index (Phi) is 5.62. The van der Waals surface area contributed by atoms with E-state index in [2.05, 4.69) is 74.5 Å². The highest BCUT2D eigenvalue weighted by Gasteiger charge is 2.29. The number of benzene rings is 2. The van der Waals surface area contributed by atoms with E-state index < -0.39 is 0 Å². The Morgan fingerprint density at radius 3 is 2.61 bits per heavy atom. The second-order valence-corrected chi connectivity index (χ2v) is 8.13. The van der Waals surface area contributed by atoms with E-state index in [1.807, 2.05) is 0 Å². The summed E-state index contributed by atoms with van der Waals surface area (Å²) in [7, 11) is 0. The predicted molar refractivity (Wildman–Crippen MR) is 117 cm³/mol. The zero-order valence-corrected chi connectivity index (χ0v) is 17.1. The molecule has 2 unspecified atom stereocenters. The molecule has 0 saturated heterocycles. The van der Waals surface area contributed by atoms with Gasteiger partial charge in [-0.25, -0.2) is 0 Å². The molecule has 0 saturated carbocycles. The lowest BCUT2D eigenvalue weighted by molar-refractivity contribution is -0.120. The molecule has 0 aromatic heterocycles. The fourth-order valence-electron chi connectivity index (χ4n) is 4.96. The van der Waals surface area contributed by atoms with Gasteiger partial charge in [0, 0.05) is 18.3 Å². The van der Waals surface area contributed by atoms with Gasteiger partial charge in [-0.05, 0) is 59.9 Å². The minimum absolute atomic E-state index is 0.115. The molecule has 144 valence electrons. The monoisotopic (exact) mass is 370 g/mol. The van der Waals surface area contributed by atoms with Gasteiger partial charge in [-0.2, -0.15) is 0 Å². The molecule has 28 heavy (non-hydrogen) atoms.